The molecule has 0 aliphatic heterocycles. The lowest BCUT2D eigenvalue weighted by Gasteiger charge is -2.18. The van der Waals surface area contributed by atoms with Gasteiger partial charge in [0.05, 0.1) is 27.9 Å². The number of aromatic nitrogens is 2. The summed E-state index contributed by atoms with van der Waals surface area (Å²) in [7, 11) is 4.77. The molecule has 0 aliphatic carbocycles. The Morgan fingerprint density at radius 1 is 1.14 bits per heavy atom. The van der Waals surface area contributed by atoms with Crippen LogP contribution < -0.4 is 19.5 Å². The number of rotatable bonds is 7. The van der Waals surface area contributed by atoms with Gasteiger partial charge in [-0.15, -0.1) is 0 Å². The molecule has 0 saturated carbocycles. The van der Waals surface area contributed by atoms with Gasteiger partial charge in [0.15, 0.2) is 17.3 Å². The molecule has 7 nitrogen and oxygen atoms in total. The van der Waals surface area contributed by atoms with Crippen LogP contribution in [0.25, 0.3) is 0 Å². The van der Waals surface area contributed by atoms with Crippen molar-refractivity contribution in [2.24, 2.45) is 0 Å². The van der Waals surface area contributed by atoms with E-state index >= 15 is 0 Å². The molecule has 0 bridgehead atoms. The molecular weight excluding hydrogens is 274 g/mol. The van der Waals surface area contributed by atoms with Gasteiger partial charge in [-0.2, -0.15) is 4.98 Å². The molecule has 2 aromatic rings. The second kappa shape index (κ2) is 6.94. The maximum Gasteiger partial charge on any atom is 0.213 e. The Morgan fingerprint density at radius 2 is 1.81 bits per heavy atom. The van der Waals surface area contributed by atoms with Gasteiger partial charge in [-0.05, 0) is 24.6 Å². The maximum atomic E-state index is 5.35. The minimum absolute atomic E-state index is 0.0530. The van der Waals surface area contributed by atoms with Crippen LogP contribution in [-0.2, 0) is 6.54 Å². The zero-order valence-electron chi connectivity index (χ0n) is 12.5. The van der Waals surface area contributed by atoms with Crippen molar-refractivity contribution >= 4 is 0 Å². The lowest BCUT2D eigenvalue weighted by Crippen LogP contribution is -2.19. The number of hydrogen-bond acceptors (Lipinski definition) is 7. The van der Waals surface area contributed by atoms with Crippen molar-refractivity contribution in [1.82, 2.24) is 15.5 Å². The van der Waals surface area contributed by atoms with Gasteiger partial charge in [0.1, 0.15) is 0 Å². The minimum Gasteiger partial charge on any atom is -0.493 e. The number of ether oxygens (including phenoxy) is 3. The molecule has 114 valence electrons. The second-order valence-electron chi connectivity index (χ2n) is 4.41. The van der Waals surface area contributed by atoms with E-state index in [0.717, 1.165) is 5.56 Å². The first kappa shape index (κ1) is 15.1. The summed E-state index contributed by atoms with van der Waals surface area (Å²) in [4.78, 5) is 3.97. The molecule has 1 aromatic heterocycles. The molecule has 0 amide bonds. The quantitative estimate of drug-likeness (QED) is 0.835. The largest absolute Gasteiger partial charge is 0.493 e. The SMILES string of the molecule is COc1cc(C(C)NCc2ncon2)cc(OC)c1OC. The molecule has 2 rings (SSSR count). The molecule has 0 radical (unpaired) electrons. The second-order valence-corrected chi connectivity index (χ2v) is 4.41. The molecular formula is C14H19N3O4. The maximum absolute atomic E-state index is 5.35. The van der Waals surface area contributed by atoms with Crippen LogP contribution in [0.3, 0.4) is 0 Å². The molecule has 0 saturated heterocycles. The van der Waals surface area contributed by atoms with Gasteiger partial charge in [-0.3, -0.25) is 0 Å². The van der Waals surface area contributed by atoms with E-state index in [4.69, 9.17) is 18.7 Å². The Kier molecular flexibility index (Phi) is 4.99. The fourth-order valence-corrected chi connectivity index (χ4v) is 1.98. The number of hydrogen-bond donors (Lipinski definition) is 1. The highest BCUT2D eigenvalue weighted by Crippen LogP contribution is 2.39. The topological polar surface area (TPSA) is 78.6 Å². The van der Waals surface area contributed by atoms with Crippen LogP contribution in [0.5, 0.6) is 17.2 Å². The van der Waals surface area contributed by atoms with E-state index in [2.05, 4.69) is 15.5 Å². The molecule has 21 heavy (non-hydrogen) atoms. The predicted molar refractivity (Wildman–Crippen MR) is 75.7 cm³/mol. The third kappa shape index (κ3) is 3.43. The number of nitrogens with zero attached hydrogens (tertiary/aromatic N) is 2. The Balaban J connectivity index is 2.18. The summed E-state index contributed by atoms with van der Waals surface area (Å²) in [6.45, 7) is 2.54. The first-order chi connectivity index (χ1) is 10.2. The number of nitrogens with one attached hydrogen (secondary N) is 1. The highest BCUT2D eigenvalue weighted by Gasteiger charge is 2.16. The lowest BCUT2D eigenvalue weighted by molar-refractivity contribution is 0.323. The summed E-state index contributed by atoms with van der Waals surface area (Å²) in [5.41, 5.74) is 1.01. The van der Waals surface area contributed by atoms with Crippen LogP contribution in [0.1, 0.15) is 24.4 Å². The van der Waals surface area contributed by atoms with E-state index in [1.54, 1.807) is 21.3 Å². The summed E-state index contributed by atoms with van der Waals surface area (Å²) in [6, 6.07) is 3.88. The van der Waals surface area contributed by atoms with Crippen molar-refractivity contribution in [3.8, 4) is 17.2 Å². The van der Waals surface area contributed by atoms with Crippen LogP contribution in [0, 0.1) is 0 Å². The van der Waals surface area contributed by atoms with Crippen LogP contribution in [0.2, 0.25) is 0 Å². The minimum atomic E-state index is 0.0530. The van der Waals surface area contributed by atoms with Gasteiger partial charge >= 0.3 is 0 Å². The lowest BCUT2D eigenvalue weighted by atomic mass is 10.1. The molecule has 1 N–H and O–H groups in total. The van der Waals surface area contributed by atoms with Crippen LogP contribution in [0.15, 0.2) is 23.0 Å². The van der Waals surface area contributed by atoms with Crippen LogP contribution in [0.4, 0.5) is 0 Å². The summed E-state index contributed by atoms with van der Waals surface area (Å²) >= 11 is 0. The van der Waals surface area contributed by atoms with E-state index in [1.165, 1.54) is 6.39 Å². The fourth-order valence-electron chi connectivity index (χ4n) is 1.98. The summed E-state index contributed by atoms with van der Waals surface area (Å²) < 4.78 is 20.7. The Hall–Kier alpha value is -2.28. The van der Waals surface area contributed by atoms with Crippen LogP contribution in [-0.4, -0.2) is 31.5 Å². The average molecular weight is 293 g/mol. The van der Waals surface area contributed by atoms with E-state index in [1.807, 2.05) is 19.1 Å². The van der Waals surface area contributed by atoms with Crippen molar-refractivity contribution in [3.05, 3.63) is 29.9 Å². The first-order valence-electron chi connectivity index (χ1n) is 6.48. The molecule has 0 aliphatic rings. The van der Waals surface area contributed by atoms with Crippen molar-refractivity contribution in [3.63, 3.8) is 0 Å². The highest BCUT2D eigenvalue weighted by molar-refractivity contribution is 5.54. The molecule has 1 unspecified atom stereocenters. The smallest absolute Gasteiger partial charge is 0.213 e. The monoisotopic (exact) mass is 293 g/mol. The number of methoxy groups -OCH3 is 3. The normalized spacial score (nSPS) is 12.0. The summed E-state index contributed by atoms with van der Waals surface area (Å²) in [6.07, 6.45) is 1.31. The molecule has 0 spiro atoms. The zero-order valence-corrected chi connectivity index (χ0v) is 12.5. The Bertz CT molecular complexity index is 547. The molecule has 0 fully saturated rings. The molecule has 7 heteroatoms. The van der Waals surface area contributed by atoms with Gasteiger partial charge in [0, 0.05) is 6.04 Å². The fraction of sp³-hybridized carbons (Fsp3) is 0.429. The van der Waals surface area contributed by atoms with Crippen LogP contribution >= 0.6 is 0 Å². The van der Waals surface area contributed by atoms with Gasteiger partial charge in [-0.1, -0.05) is 5.16 Å². The average Bonchev–Trinajstić information content (AvgIpc) is 3.04. The van der Waals surface area contributed by atoms with Gasteiger partial charge in [0.25, 0.3) is 0 Å². The third-order valence-corrected chi connectivity index (χ3v) is 3.16. The van der Waals surface area contributed by atoms with Gasteiger partial charge in [0.2, 0.25) is 12.1 Å². The van der Waals surface area contributed by atoms with Gasteiger partial charge in [-0.25, -0.2) is 0 Å². The molecule has 1 heterocycles. The number of benzene rings is 1. The van der Waals surface area contributed by atoms with E-state index in [9.17, 15) is 0 Å². The summed E-state index contributed by atoms with van der Waals surface area (Å²) in [5.74, 6) is 2.43. The van der Waals surface area contributed by atoms with Crippen molar-refractivity contribution in [2.75, 3.05) is 21.3 Å². The highest BCUT2D eigenvalue weighted by atomic mass is 16.5. The third-order valence-electron chi connectivity index (χ3n) is 3.16. The van der Waals surface area contributed by atoms with E-state index in [-0.39, 0.29) is 6.04 Å². The molecule has 1 aromatic carbocycles. The van der Waals surface area contributed by atoms with Crippen molar-refractivity contribution in [1.29, 1.82) is 0 Å². The van der Waals surface area contributed by atoms with E-state index in [0.29, 0.717) is 29.6 Å². The van der Waals surface area contributed by atoms with Gasteiger partial charge < -0.3 is 24.1 Å². The Labute approximate surface area is 123 Å². The summed E-state index contributed by atoms with van der Waals surface area (Å²) in [5, 5.41) is 7.06. The predicted octanol–water partition coefficient (Wildman–Crippen LogP) is 1.95. The molecule has 1 atom stereocenters. The Morgan fingerprint density at radius 3 is 2.29 bits per heavy atom. The van der Waals surface area contributed by atoms with Crippen molar-refractivity contribution < 1.29 is 18.7 Å². The standard InChI is InChI=1S/C14H19N3O4/c1-9(15-7-13-16-8-21-17-13)10-5-11(18-2)14(20-4)12(6-10)19-3/h5-6,8-9,15H,7H2,1-4H3. The first-order valence-corrected chi connectivity index (χ1v) is 6.48. The van der Waals surface area contributed by atoms with E-state index < -0.39 is 0 Å². The zero-order chi connectivity index (χ0) is 15.2. The van der Waals surface area contributed by atoms with Crippen molar-refractivity contribution in [2.45, 2.75) is 19.5 Å².